The fraction of sp³-hybridized carbons (Fsp3) is 0.238. The number of aryl methyl sites for hydroxylation is 2. The number of ether oxygens (including phenoxy) is 2. The van der Waals surface area contributed by atoms with E-state index in [0.29, 0.717) is 24.7 Å². The van der Waals surface area contributed by atoms with Gasteiger partial charge in [0.05, 0.1) is 12.8 Å². The van der Waals surface area contributed by atoms with E-state index < -0.39 is 5.56 Å². The Morgan fingerprint density at radius 1 is 1.17 bits per heavy atom. The molecular formula is C21H22N4O3S. The molecule has 0 bridgehead atoms. The molecule has 150 valence electrons. The van der Waals surface area contributed by atoms with Crippen LogP contribution in [0.5, 0.6) is 11.5 Å². The third-order valence-corrected chi connectivity index (χ3v) is 4.48. The van der Waals surface area contributed by atoms with Crippen molar-refractivity contribution in [3.05, 3.63) is 80.0 Å². The van der Waals surface area contributed by atoms with E-state index in [4.69, 9.17) is 21.7 Å². The molecule has 0 atom stereocenters. The molecule has 8 heteroatoms. The lowest BCUT2D eigenvalue weighted by molar-refractivity contribution is 0.269. The number of hydrogen-bond donors (Lipinski definition) is 1. The van der Waals surface area contributed by atoms with Crippen molar-refractivity contribution in [3.8, 4) is 11.5 Å². The molecule has 0 fully saturated rings. The minimum absolute atomic E-state index is 0.118. The molecule has 0 spiro atoms. The van der Waals surface area contributed by atoms with Crippen molar-refractivity contribution in [1.29, 1.82) is 0 Å². The van der Waals surface area contributed by atoms with Crippen LogP contribution >= 0.6 is 12.2 Å². The summed E-state index contributed by atoms with van der Waals surface area (Å²) in [5.41, 5.74) is 3.82. The first-order chi connectivity index (χ1) is 14.0. The molecule has 0 unspecified atom stereocenters. The molecule has 0 radical (unpaired) electrons. The van der Waals surface area contributed by atoms with Gasteiger partial charge in [-0.3, -0.25) is 9.89 Å². The minimum Gasteiger partial charge on any atom is -0.490 e. The molecule has 2 aromatic carbocycles. The highest BCUT2D eigenvalue weighted by Crippen LogP contribution is 2.29. The maximum atomic E-state index is 11.8. The third-order valence-electron chi connectivity index (χ3n) is 4.21. The molecule has 0 aliphatic heterocycles. The van der Waals surface area contributed by atoms with E-state index in [1.54, 1.807) is 0 Å². The van der Waals surface area contributed by atoms with Gasteiger partial charge < -0.3 is 9.47 Å². The van der Waals surface area contributed by atoms with Gasteiger partial charge in [0.25, 0.3) is 5.56 Å². The quantitative estimate of drug-likeness (QED) is 0.474. The van der Waals surface area contributed by atoms with Crippen molar-refractivity contribution in [2.45, 2.75) is 27.4 Å². The SMILES string of the molecule is CCOc1cc(/C=N\n2c(=O)cn[nH]c2=S)ccc1OCc1cc(C)ccc1C. The Morgan fingerprint density at radius 2 is 2.00 bits per heavy atom. The highest BCUT2D eigenvalue weighted by molar-refractivity contribution is 7.71. The topological polar surface area (TPSA) is 81.5 Å². The molecule has 29 heavy (non-hydrogen) atoms. The number of nitrogens with one attached hydrogen (secondary N) is 1. The van der Waals surface area contributed by atoms with Gasteiger partial charge in [0, 0.05) is 0 Å². The monoisotopic (exact) mass is 410 g/mol. The smallest absolute Gasteiger partial charge is 0.293 e. The van der Waals surface area contributed by atoms with Crippen molar-refractivity contribution in [2.75, 3.05) is 6.61 Å². The molecule has 0 aliphatic carbocycles. The summed E-state index contributed by atoms with van der Waals surface area (Å²) in [6.07, 6.45) is 2.64. The highest BCUT2D eigenvalue weighted by Gasteiger charge is 2.08. The van der Waals surface area contributed by atoms with E-state index >= 15 is 0 Å². The van der Waals surface area contributed by atoms with Crippen LogP contribution < -0.4 is 15.0 Å². The van der Waals surface area contributed by atoms with E-state index in [9.17, 15) is 4.79 Å². The standard InChI is InChI=1S/C21H22N4O3S/c1-4-27-19-10-16(11-23-25-20(26)12-22-24-21(25)29)7-8-18(19)28-13-17-9-14(2)5-6-15(17)3/h5-12H,4,13H2,1-3H3,(H,24,29)/b23-11-. The number of H-pyrrole nitrogens is 1. The molecule has 0 saturated heterocycles. The molecule has 1 heterocycles. The Labute approximate surface area is 173 Å². The normalized spacial score (nSPS) is 11.0. The van der Waals surface area contributed by atoms with Crippen LogP contribution in [0.2, 0.25) is 0 Å². The van der Waals surface area contributed by atoms with Gasteiger partial charge in [-0.2, -0.15) is 14.9 Å². The van der Waals surface area contributed by atoms with Crippen LogP contribution in [0.3, 0.4) is 0 Å². The van der Waals surface area contributed by atoms with Crippen LogP contribution in [-0.4, -0.2) is 27.7 Å². The number of aromatic amines is 1. The molecule has 1 aromatic heterocycles. The Kier molecular flexibility index (Phi) is 6.56. The maximum Gasteiger partial charge on any atom is 0.293 e. The summed E-state index contributed by atoms with van der Waals surface area (Å²) in [6, 6.07) is 11.8. The lowest BCUT2D eigenvalue weighted by Crippen LogP contribution is -2.18. The van der Waals surface area contributed by atoms with Crippen molar-refractivity contribution in [3.63, 3.8) is 0 Å². The van der Waals surface area contributed by atoms with E-state index in [2.05, 4.69) is 47.3 Å². The van der Waals surface area contributed by atoms with Crippen LogP contribution in [0.15, 0.2) is 52.5 Å². The summed E-state index contributed by atoms with van der Waals surface area (Å²) < 4.78 is 12.9. The van der Waals surface area contributed by atoms with Gasteiger partial charge in [0.15, 0.2) is 11.5 Å². The second-order valence-corrected chi connectivity index (χ2v) is 6.81. The van der Waals surface area contributed by atoms with Gasteiger partial charge in [-0.1, -0.05) is 23.8 Å². The fourth-order valence-electron chi connectivity index (χ4n) is 2.68. The number of benzene rings is 2. The predicted molar refractivity (Wildman–Crippen MR) is 115 cm³/mol. The summed E-state index contributed by atoms with van der Waals surface area (Å²) in [4.78, 5) is 11.8. The van der Waals surface area contributed by atoms with Crippen LogP contribution in [-0.2, 0) is 6.61 Å². The Bertz CT molecular complexity index is 1120. The molecule has 1 N–H and O–H groups in total. The number of rotatable bonds is 7. The van der Waals surface area contributed by atoms with Crippen molar-refractivity contribution in [2.24, 2.45) is 5.10 Å². The van der Waals surface area contributed by atoms with Gasteiger partial charge in [0.1, 0.15) is 12.8 Å². The second kappa shape index (κ2) is 9.29. The largest absolute Gasteiger partial charge is 0.490 e. The average molecular weight is 410 g/mol. The molecular weight excluding hydrogens is 388 g/mol. The number of aromatic nitrogens is 3. The Balaban J connectivity index is 1.83. The van der Waals surface area contributed by atoms with Crippen molar-refractivity contribution < 1.29 is 9.47 Å². The first-order valence-corrected chi connectivity index (χ1v) is 9.55. The Morgan fingerprint density at radius 3 is 2.76 bits per heavy atom. The highest BCUT2D eigenvalue weighted by atomic mass is 32.1. The number of nitrogens with zero attached hydrogens (tertiary/aromatic N) is 3. The van der Waals surface area contributed by atoms with Crippen LogP contribution in [0.1, 0.15) is 29.2 Å². The van der Waals surface area contributed by atoms with Gasteiger partial charge in [-0.25, -0.2) is 0 Å². The Hall–Kier alpha value is -3.26. The molecule has 0 aliphatic rings. The molecule has 7 nitrogen and oxygen atoms in total. The first-order valence-electron chi connectivity index (χ1n) is 9.15. The predicted octanol–water partition coefficient (Wildman–Crippen LogP) is 3.78. The lowest BCUT2D eigenvalue weighted by atomic mass is 10.1. The van der Waals surface area contributed by atoms with Gasteiger partial charge in [0.2, 0.25) is 4.77 Å². The van der Waals surface area contributed by atoms with Gasteiger partial charge in [-0.15, -0.1) is 0 Å². The van der Waals surface area contributed by atoms with Crippen molar-refractivity contribution >= 4 is 18.4 Å². The maximum absolute atomic E-state index is 11.8. The van der Waals surface area contributed by atoms with E-state index in [0.717, 1.165) is 22.0 Å². The minimum atomic E-state index is -0.413. The van der Waals surface area contributed by atoms with E-state index in [-0.39, 0.29) is 4.77 Å². The zero-order valence-electron chi connectivity index (χ0n) is 16.5. The summed E-state index contributed by atoms with van der Waals surface area (Å²) in [5, 5.41) is 10.3. The zero-order chi connectivity index (χ0) is 20.8. The summed E-state index contributed by atoms with van der Waals surface area (Å²) >= 11 is 5.03. The molecule has 0 saturated carbocycles. The summed E-state index contributed by atoms with van der Waals surface area (Å²) in [6.45, 7) is 6.97. The van der Waals surface area contributed by atoms with Crippen LogP contribution in [0, 0.1) is 18.6 Å². The van der Waals surface area contributed by atoms with Crippen LogP contribution in [0.4, 0.5) is 0 Å². The van der Waals surface area contributed by atoms with E-state index in [1.165, 1.54) is 17.3 Å². The van der Waals surface area contributed by atoms with E-state index in [1.807, 2.05) is 25.1 Å². The lowest BCUT2D eigenvalue weighted by Gasteiger charge is -2.14. The molecule has 3 rings (SSSR count). The second-order valence-electron chi connectivity index (χ2n) is 6.43. The van der Waals surface area contributed by atoms with Crippen molar-refractivity contribution in [1.82, 2.24) is 14.9 Å². The summed E-state index contributed by atoms with van der Waals surface area (Å²) in [5.74, 6) is 1.25. The first kappa shape index (κ1) is 20.5. The molecule has 0 amide bonds. The van der Waals surface area contributed by atoms with Crippen LogP contribution in [0.25, 0.3) is 0 Å². The van der Waals surface area contributed by atoms with Gasteiger partial charge >= 0.3 is 0 Å². The third kappa shape index (κ3) is 5.17. The number of hydrogen-bond acceptors (Lipinski definition) is 6. The van der Waals surface area contributed by atoms with Gasteiger partial charge in [-0.05, 0) is 67.9 Å². The summed E-state index contributed by atoms with van der Waals surface area (Å²) in [7, 11) is 0. The molecule has 3 aromatic rings. The zero-order valence-corrected chi connectivity index (χ0v) is 17.3. The fourth-order valence-corrected chi connectivity index (χ4v) is 2.87. The average Bonchev–Trinajstić information content (AvgIpc) is 2.69.